The van der Waals surface area contributed by atoms with Crippen molar-refractivity contribution in [1.82, 2.24) is 9.13 Å². The van der Waals surface area contributed by atoms with Crippen LogP contribution in [0.5, 0.6) is 5.88 Å². The third-order valence-corrected chi connectivity index (χ3v) is 4.90. The summed E-state index contributed by atoms with van der Waals surface area (Å²) >= 11 is 0. The zero-order valence-corrected chi connectivity index (χ0v) is 19.0. The summed E-state index contributed by atoms with van der Waals surface area (Å²) in [6.45, 7) is 0. The van der Waals surface area contributed by atoms with Crippen molar-refractivity contribution >= 4 is 22.7 Å². The number of benzene rings is 2. The number of para-hydroxylation sites is 1. The van der Waals surface area contributed by atoms with Gasteiger partial charge in [0.15, 0.2) is 0 Å². The summed E-state index contributed by atoms with van der Waals surface area (Å²) in [6, 6.07) is 11.2. The predicted molar refractivity (Wildman–Crippen MR) is 121 cm³/mol. The summed E-state index contributed by atoms with van der Waals surface area (Å²) in [5.41, 5.74) is -6.37. The van der Waals surface area contributed by atoms with Gasteiger partial charge in [-0.25, -0.2) is 4.79 Å². The molecule has 0 fully saturated rings. The van der Waals surface area contributed by atoms with Gasteiger partial charge < -0.3 is 14.6 Å². The van der Waals surface area contributed by atoms with Crippen molar-refractivity contribution in [3.63, 3.8) is 0 Å². The molecule has 15 nitrogen and oxygen atoms in total. The van der Waals surface area contributed by atoms with E-state index in [1.54, 1.807) is 0 Å². The smallest absolute Gasteiger partial charge is 0.329 e. The van der Waals surface area contributed by atoms with Gasteiger partial charge in [-0.2, -0.15) is 0 Å². The maximum atomic E-state index is 12.3. The number of aromatic nitrogens is 2. The number of hydrogen-bond acceptors (Lipinski definition) is 9. The highest BCUT2D eigenvalue weighted by molar-refractivity contribution is 5.86. The second kappa shape index (κ2) is 10.3. The highest BCUT2D eigenvalue weighted by Crippen LogP contribution is 2.41. The van der Waals surface area contributed by atoms with Crippen LogP contribution in [0.1, 0.15) is 0 Å². The van der Waals surface area contributed by atoms with Crippen LogP contribution in [-0.2, 0) is 14.1 Å². The third-order valence-electron chi connectivity index (χ3n) is 4.90. The van der Waals surface area contributed by atoms with Gasteiger partial charge in [-0.3, -0.25) is 39.7 Å². The van der Waals surface area contributed by atoms with Crippen molar-refractivity contribution < 1.29 is 24.8 Å². The lowest BCUT2D eigenvalue weighted by molar-refractivity contribution is -0.786. The number of nitrogens with zero attached hydrogens (tertiary/aromatic N) is 5. The molecule has 0 amide bonds. The molecule has 1 aromatic heterocycles. The molecule has 0 unspecified atom stereocenters. The van der Waals surface area contributed by atoms with E-state index in [9.17, 15) is 45.0 Å². The molecule has 3 rings (SSSR count). The van der Waals surface area contributed by atoms with Gasteiger partial charge in [-0.15, -0.1) is 0 Å². The molecular formula is C20H20N6O9. The standard InChI is InChI=1S/C12H9N5O9.C8H11N/c1-13-10(18)9(11(19)14(2)12(13)20)8-6(16(23)24)3-5(15(21)22)4-7(8)17(25)26;1-9(2)8-6-4-3-5-7-8/h3-4,18H,1-2H3;3-7H,1-2H3. The van der Waals surface area contributed by atoms with E-state index < -0.39 is 60.1 Å². The molecule has 0 saturated heterocycles. The molecule has 1 N–H and O–H groups in total. The SMILES string of the molecule is C[NH+](C)c1ccccc1.Cn1c([O-])c(-c2c([N+](=O)[O-])cc([N+](=O)[O-])cc2[N+](=O)[O-])c(=O)n(C)c1=O. The van der Waals surface area contributed by atoms with Crippen LogP contribution in [0.2, 0.25) is 0 Å². The van der Waals surface area contributed by atoms with E-state index in [1.807, 2.05) is 6.07 Å². The molecule has 0 aliphatic carbocycles. The first-order valence-corrected chi connectivity index (χ1v) is 9.73. The first kappa shape index (κ1) is 26.3. The van der Waals surface area contributed by atoms with Crippen molar-refractivity contribution in [1.29, 1.82) is 0 Å². The van der Waals surface area contributed by atoms with Gasteiger partial charge in [0.25, 0.3) is 22.6 Å². The molecule has 15 heteroatoms. The minimum Gasteiger partial charge on any atom is -0.859 e. The van der Waals surface area contributed by atoms with Crippen LogP contribution < -0.4 is 21.3 Å². The maximum absolute atomic E-state index is 12.3. The lowest BCUT2D eigenvalue weighted by atomic mass is 10.0. The molecule has 3 aromatic rings. The summed E-state index contributed by atoms with van der Waals surface area (Å²) in [4.78, 5) is 55.4. The lowest BCUT2D eigenvalue weighted by Gasteiger charge is -2.18. The minimum absolute atomic E-state index is 0.395. The zero-order valence-electron chi connectivity index (χ0n) is 19.0. The summed E-state index contributed by atoms with van der Waals surface area (Å²) in [5, 5.41) is 45.7. The number of nitro groups is 3. The van der Waals surface area contributed by atoms with Gasteiger partial charge >= 0.3 is 5.69 Å². The highest BCUT2D eigenvalue weighted by Gasteiger charge is 2.34. The van der Waals surface area contributed by atoms with Crippen molar-refractivity contribution in [2.24, 2.45) is 14.1 Å². The van der Waals surface area contributed by atoms with Gasteiger partial charge in [-0.05, 0) is 18.0 Å². The Kier molecular flexibility index (Phi) is 7.78. The van der Waals surface area contributed by atoms with Crippen LogP contribution >= 0.6 is 0 Å². The van der Waals surface area contributed by atoms with Crippen LogP contribution in [0.3, 0.4) is 0 Å². The average Bonchev–Trinajstić information content (AvgIpc) is 2.82. The zero-order chi connectivity index (χ0) is 26.6. The largest absolute Gasteiger partial charge is 0.859 e. The molecule has 0 spiro atoms. The Hall–Kier alpha value is -4.92. The number of hydrogen-bond donors (Lipinski definition) is 1. The van der Waals surface area contributed by atoms with E-state index in [1.165, 1.54) is 10.6 Å². The first-order chi connectivity index (χ1) is 16.3. The molecule has 0 aliphatic heterocycles. The van der Waals surface area contributed by atoms with E-state index >= 15 is 0 Å². The van der Waals surface area contributed by atoms with Crippen molar-refractivity contribution in [2.45, 2.75) is 0 Å². The fourth-order valence-corrected chi connectivity index (χ4v) is 3.06. The van der Waals surface area contributed by atoms with Gasteiger partial charge in [0.2, 0.25) is 0 Å². The fourth-order valence-electron chi connectivity index (χ4n) is 3.06. The molecular weight excluding hydrogens is 468 g/mol. The number of rotatable bonds is 5. The summed E-state index contributed by atoms with van der Waals surface area (Å²) < 4.78 is 0.872. The Labute approximate surface area is 196 Å². The molecule has 35 heavy (non-hydrogen) atoms. The normalized spacial score (nSPS) is 10.4. The predicted octanol–water partition coefficient (Wildman–Crippen LogP) is 0.0118. The Morgan fingerprint density at radius 2 is 1.26 bits per heavy atom. The van der Waals surface area contributed by atoms with Crippen molar-refractivity contribution in [3.05, 3.63) is 93.6 Å². The van der Waals surface area contributed by atoms with Gasteiger partial charge in [0.1, 0.15) is 11.3 Å². The minimum atomic E-state index is -1.31. The van der Waals surface area contributed by atoms with Gasteiger partial charge in [0, 0.05) is 14.1 Å². The monoisotopic (exact) mass is 488 g/mol. The van der Waals surface area contributed by atoms with Gasteiger partial charge in [0.05, 0.1) is 46.6 Å². The van der Waals surface area contributed by atoms with Crippen molar-refractivity contribution in [2.75, 3.05) is 14.1 Å². The summed E-state index contributed by atoms with van der Waals surface area (Å²) in [5.74, 6) is -1.31. The van der Waals surface area contributed by atoms with E-state index in [-0.39, 0.29) is 0 Å². The number of nitrogens with one attached hydrogen (secondary N) is 1. The molecule has 184 valence electrons. The molecule has 0 bridgehead atoms. The molecule has 0 radical (unpaired) electrons. The Balaban J connectivity index is 0.000000402. The summed E-state index contributed by atoms with van der Waals surface area (Å²) in [6.07, 6.45) is 0. The van der Waals surface area contributed by atoms with Crippen molar-refractivity contribution in [3.8, 4) is 17.0 Å². The quantitative estimate of drug-likeness (QED) is 0.379. The Bertz CT molecular complexity index is 1390. The maximum Gasteiger partial charge on any atom is 0.329 e. The topological polar surface area (TPSA) is 201 Å². The molecule has 0 atom stereocenters. The van der Waals surface area contributed by atoms with E-state index in [0.29, 0.717) is 21.3 Å². The number of quaternary nitrogens is 1. The molecule has 0 saturated carbocycles. The summed E-state index contributed by atoms with van der Waals surface area (Å²) in [7, 11) is 6.18. The Morgan fingerprint density at radius 3 is 1.63 bits per heavy atom. The van der Waals surface area contributed by atoms with Crippen LogP contribution in [-0.4, -0.2) is 38.0 Å². The highest BCUT2D eigenvalue weighted by atomic mass is 16.6. The number of nitro benzene ring substituents is 3. The van der Waals surface area contributed by atoms with Gasteiger partial charge in [-0.1, -0.05) is 18.2 Å². The number of non-ortho nitro benzene ring substituents is 1. The van der Waals surface area contributed by atoms with Crippen LogP contribution in [0.4, 0.5) is 22.7 Å². The Morgan fingerprint density at radius 1 is 0.771 bits per heavy atom. The van der Waals surface area contributed by atoms with Crippen LogP contribution in [0.15, 0.2) is 52.1 Å². The van der Waals surface area contributed by atoms with Crippen LogP contribution in [0.25, 0.3) is 11.1 Å². The molecule has 1 heterocycles. The first-order valence-electron chi connectivity index (χ1n) is 9.73. The molecule has 0 aliphatic rings. The van der Waals surface area contributed by atoms with Crippen LogP contribution in [0, 0.1) is 30.3 Å². The second-order valence-corrected chi connectivity index (χ2v) is 7.38. The second-order valence-electron chi connectivity index (χ2n) is 7.38. The van der Waals surface area contributed by atoms with E-state index in [0.717, 1.165) is 14.1 Å². The fraction of sp³-hybridized carbons (Fsp3) is 0.200. The third kappa shape index (κ3) is 5.36. The van der Waals surface area contributed by atoms with E-state index in [2.05, 4.69) is 38.4 Å². The lowest BCUT2D eigenvalue weighted by Crippen LogP contribution is -3.00. The van der Waals surface area contributed by atoms with E-state index in [4.69, 9.17) is 0 Å². The average molecular weight is 488 g/mol. The molecule has 2 aromatic carbocycles.